The number of benzene rings is 1. The number of H-pyrrole nitrogens is 1. The standard InChI is InChI=1S/C16H15BN4O3/c1-8-5-9(2)18-14-13(8)15(21-20-14)19-16(22)10-3-4-11-7-24-17(23)12(11)6-10/h3-6,23H,7H2,1-2H3,(H2,18,19,20,21,22). The highest BCUT2D eigenvalue weighted by atomic mass is 16.5. The van der Waals surface area contributed by atoms with Crippen molar-refractivity contribution in [2.45, 2.75) is 20.5 Å². The fraction of sp³-hybridized carbons (Fsp3) is 0.188. The van der Waals surface area contributed by atoms with E-state index in [1.54, 1.807) is 18.2 Å². The lowest BCUT2D eigenvalue weighted by atomic mass is 9.79. The van der Waals surface area contributed by atoms with Crippen molar-refractivity contribution in [2.24, 2.45) is 0 Å². The lowest BCUT2D eigenvalue weighted by Crippen LogP contribution is -2.29. The number of nitrogens with one attached hydrogen (secondary N) is 2. The normalized spacial score (nSPS) is 13.4. The van der Waals surface area contributed by atoms with Gasteiger partial charge in [0.15, 0.2) is 5.65 Å². The second kappa shape index (κ2) is 5.43. The van der Waals surface area contributed by atoms with Crippen LogP contribution in [0.4, 0.5) is 5.82 Å². The summed E-state index contributed by atoms with van der Waals surface area (Å²) in [4.78, 5) is 16.9. The number of nitrogens with zero attached hydrogens (tertiary/aromatic N) is 2. The van der Waals surface area contributed by atoms with E-state index in [1.807, 2.05) is 19.9 Å². The predicted molar refractivity (Wildman–Crippen MR) is 90.2 cm³/mol. The van der Waals surface area contributed by atoms with E-state index < -0.39 is 7.12 Å². The molecule has 4 rings (SSSR count). The Balaban J connectivity index is 1.67. The summed E-state index contributed by atoms with van der Waals surface area (Å²) in [5.41, 5.74) is 4.39. The number of hydrogen-bond acceptors (Lipinski definition) is 5. The molecule has 0 saturated heterocycles. The van der Waals surface area contributed by atoms with Gasteiger partial charge >= 0.3 is 7.12 Å². The van der Waals surface area contributed by atoms with Crippen molar-refractivity contribution >= 4 is 35.3 Å². The quantitative estimate of drug-likeness (QED) is 0.612. The molecule has 8 heteroatoms. The van der Waals surface area contributed by atoms with Crippen LogP contribution >= 0.6 is 0 Å². The van der Waals surface area contributed by atoms with Crippen LogP contribution in [0.5, 0.6) is 0 Å². The Morgan fingerprint density at radius 1 is 1.38 bits per heavy atom. The zero-order valence-corrected chi connectivity index (χ0v) is 13.3. The van der Waals surface area contributed by atoms with Crippen molar-refractivity contribution in [2.75, 3.05) is 5.32 Å². The highest BCUT2D eigenvalue weighted by Crippen LogP contribution is 2.24. The molecular weight excluding hydrogens is 307 g/mol. The van der Waals surface area contributed by atoms with Gasteiger partial charge in [0.1, 0.15) is 5.82 Å². The van der Waals surface area contributed by atoms with Gasteiger partial charge in [-0.2, -0.15) is 5.10 Å². The summed E-state index contributed by atoms with van der Waals surface area (Å²) in [5, 5.41) is 20.4. The monoisotopic (exact) mass is 322 g/mol. The fourth-order valence-electron chi connectivity index (χ4n) is 3.00. The van der Waals surface area contributed by atoms with Crippen LogP contribution in [-0.2, 0) is 11.3 Å². The van der Waals surface area contributed by atoms with Crippen molar-refractivity contribution < 1.29 is 14.5 Å². The molecule has 0 spiro atoms. The highest BCUT2D eigenvalue weighted by Gasteiger charge is 2.28. The predicted octanol–water partition coefficient (Wildman–Crippen LogP) is 1.04. The number of fused-ring (bicyclic) bond motifs is 2. The van der Waals surface area contributed by atoms with E-state index >= 15 is 0 Å². The molecular formula is C16H15BN4O3. The number of pyridine rings is 1. The Bertz CT molecular complexity index is 969. The third-order valence-corrected chi connectivity index (χ3v) is 4.16. The number of amides is 1. The maximum absolute atomic E-state index is 12.5. The third-order valence-electron chi connectivity index (χ3n) is 4.16. The summed E-state index contributed by atoms with van der Waals surface area (Å²) in [6, 6.07) is 7.10. The summed E-state index contributed by atoms with van der Waals surface area (Å²) in [5.74, 6) is 0.222. The first-order valence-electron chi connectivity index (χ1n) is 7.59. The molecule has 0 saturated carbocycles. The molecule has 3 N–H and O–H groups in total. The second-order valence-electron chi connectivity index (χ2n) is 5.91. The zero-order valence-electron chi connectivity index (χ0n) is 13.3. The molecule has 1 aromatic carbocycles. The van der Waals surface area contributed by atoms with Gasteiger partial charge in [0.25, 0.3) is 5.91 Å². The van der Waals surface area contributed by atoms with Crippen LogP contribution in [0.25, 0.3) is 11.0 Å². The van der Waals surface area contributed by atoms with E-state index in [-0.39, 0.29) is 5.91 Å². The molecule has 7 nitrogen and oxygen atoms in total. The van der Waals surface area contributed by atoms with Crippen molar-refractivity contribution in [1.29, 1.82) is 0 Å². The molecule has 0 aliphatic carbocycles. The van der Waals surface area contributed by atoms with Crippen molar-refractivity contribution in [1.82, 2.24) is 15.2 Å². The fourth-order valence-corrected chi connectivity index (χ4v) is 3.00. The van der Waals surface area contributed by atoms with E-state index in [2.05, 4.69) is 20.5 Å². The Labute approximate surface area is 138 Å². The topological polar surface area (TPSA) is 100 Å². The second-order valence-corrected chi connectivity index (χ2v) is 5.91. The maximum atomic E-state index is 12.5. The van der Waals surface area contributed by atoms with Crippen LogP contribution in [-0.4, -0.2) is 33.2 Å². The van der Waals surface area contributed by atoms with Gasteiger partial charge in [-0.3, -0.25) is 9.89 Å². The van der Waals surface area contributed by atoms with E-state index in [0.717, 1.165) is 22.2 Å². The molecule has 1 amide bonds. The number of hydrogen-bond donors (Lipinski definition) is 3. The van der Waals surface area contributed by atoms with Crippen LogP contribution in [0.1, 0.15) is 27.2 Å². The molecule has 0 radical (unpaired) electrons. The minimum absolute atomic E-state index is 0.289. The minimum atomic E-state index is -0.977. The number of rotatable bonds is 2. The van der Waals surface area contributed by atoms with Gasteiger partial charge < -0.3 is 15.0 Å². The van der Waals surface area contributed by atoms with Gasteiger partial charge in [0.05, 0.1) is 12.0 Å². The van der Waals surface area contributed by atoms with E-state index in [1.165, 1.54) is 0 Å². The number of carbonyl (C=O) groups is 1. The van der Waals surface area contributed by atoms with Gasteiger partial charge in [-0.1, -0.05) is 6.07 Å². The Morgan fingerprint density at radius 3 is 3.04 bits per heavy atom. The molecule has 2 aromatic heterocycles. The molecule has 3 aromatic rings. The number of anilines is 1. The number of aromatic nitrogens is 3. The molecule has 1 aliphatic heterocycles. The first-order chi connectivity index (χ1) is 11.5. The van der Waals surface area contributed by atoms with Crippen LogP contribution in [0, 0.1) is 13.8 Å². The van der Waals surface area contributed by atoms with E-state index in [0.29, 0.717) is 29.1 Å². The molecule has 24 heavy (non-hydrogen) atoms. The maximum Gasteiger partial charge on any atom is 0.491 e. The number of aryl methyl sites for hydroxylation is 2. The van der Waals surface area contributed by atoms with Crippen LogP contribution < -0.4 is 10.8 Å². The van der Waals surface area contributed by atoms with Crippen molar-refractivity contribution in [3.63, 3.8) is 0 Å². The molecule has 120 valence electrons. The zero-order chi connectivity index (χ0) is 16.8. The van der Waals surface area contributed by atoms with Gasteiger partial charge in [0.2, 0.25) is 0 Å². The molecule has 0 fully saturated rings. The van der Waals surface area contributed by atoms with Crippen LogP contribution in [0.3, 0.4) is 0 Å². The van der Waals surface area contributed by atoms with Crippen molar-refractivity contribution in [3.8, 4) is 0 Å². The van der Waals surface area contributed by atoms with Crippen LogP contribution in [0.15, 0.2) is 24.3 Å². The third kappa shape index (κ3) is 2.36. The Morgan fingerprint density at radius 2 is 2.21 bits per heavy atom. The van der Waals surface area contributed by atoms with Crippen LogP contribution in [0.2, 0.25) is 0 Å². The molecule has 1 aliphatic rings. The Hall–Kier alpha value is -2.71. The molecule has 3 heterocycles. The molecule has 0 unspecified atom stereocenters. The average molecular weight is 322 g/mol. The van der Waals surface area contributed by atoms with E-state index in [4.69, 9.17) is 4.65 Å². The van der Waals surface area contributed by atoms with Gasteiger partial charge in [-0.25, -0.2) is 4.98 Å². The van der Waals surface area contributed by atoms with Gasteiger partial charge in [-0.15, -0.1) is 0 Å². The van der Waals surface area contributed by atoms with Crippen molar-refractivity contribution in [3.05, 3.63) is 46.6 Å². The number of carbonyl (C=O) groups excluding carboxylic acids is 1. The summed E-state index contributed by atoms with van der Waals surface area (Å²) in [7, 11) is -0.977. The van der Waals surface area contributed by atoms with E-state index in [9.17, 15) is 9.82 Å². The first-order valence-corrected chi connectivity index (χ1v) is 7.59. The summed E-state index contributed by atoms with van der Waals surface area (Å²) in [6.45, 7) is 4.20. The largest absolute Gasteiger partial charge is 0.491 e. The lowest BCUT2D eigenvalue weighted by molar-refractivity contribution is 0.102. The van der Waals surface area contributed by atoms with Gasteiger partial charge in [0, 0.05) is 11.3 Å². The first kappa shape index (κ1) is 14.9. The SMILES string of the molecule is Cc1cc(C)c2c(NC(=O)c3ccc4c(c3)B(O)OC4)[nH]nc2n1. The summed E-state index contributed by atoms with van der Waals surface area (Å²) < 4.78 is 5.15. The molecule has 0 atom stereocenters. The summed E-state index contributed by atoms with van der Waals surface area (Å²) >= 11 is 0. The van der Waals surface area contributed by atoms with Gasteiger partial charge in [-0.05, 0) is 48.6 Å². The number of aromatic amines is 1. The smallest absolute Gasteiger partial charge is 0.423 e. The summed E-state index contributed by atoms with van der Waals surface area (Å²) in [6.07, 6.45) is 0. The minimum Gasteiger partial charge on any atom is -0.423 e. The lowest BCUT2D eigenvalue weighted by Gasteiger charge is -2.06. The molecule has 0 bridgehead atoms. The Kier molecular flexibility index (Phi) is 3.36. The highest BCUT2D eigenvalue weighted by molar-refractivity contribution is 6.61. The average Bonchev–Trinajstić information content (AvgIpc) is 3.11.